The molecular weight excluding hydrogens is 492 g/mol. The van der Waals surface area contributed by atoms with Crippen LogP contribution in [0.15, 0.2) is 47.5 Å². The number of aryl methyl sites for hydroxylation is 1. The van der Waals surface area contributed by atoms with Crippen LogP contribution in [0.4, 0.5) is 0 Å². The van der Waals surface area contributed by atoms with Crippen molar-refractivity contribution in [3.8, 4) is 39.4 Å². The summed E-state index contributed by atoms with van der Waals surface area (Å²) in [5, 5.41) is 2.12. The van der Waals surface area contributed by atoms with Crippen LogP contribution in [-0.2, 0) is 19.4 Å². The van der Waals surface area contributed by atoms with Gasteiger partial charge < -0.3 is 14.2 Å². The molecule has 0 fully saturated rings. The van der Waals surface area contributed by atoms with Gasteiger partial charge >= 0.3 is 0 Å². The molecule has 4 aromatic rings. The van der Waals surface area contributed by atoms with Gasteiger partial charge in [-0.3, -0.25) is 9.78 Å². The first kappa shape index (κ1) is 24.9. The predicted molar refractivity (Wildman–Crippen MR) is 153 cm³/mol. The van der Waals surface area contributed by atoms with Gasteiger partial charge in [-0.05, 0) is 75.8 Å². The highest BCUT2D eigenvalue weighted by Gasteiger charge is 2.37. The van der Waals surface area contributed by atoms with Gasteiger partial charge in [-0.25, -0.2) is 4.98 Å². The lowest BCUT2D eigenvalue weighted by Gasteiger charge is -2.36. The van der Waals surface area contributed by atoms with Crippen molar-refractivity contribution in [2.75, 3.05) is 13.7 Å². The van der Waals surface area contributed by atoms with Gasteiger partial charge in [0.05, 0.1) is 24.0 Å². The minimum absolute atomic E-state index is 0.140. The zero-order chi connectivity index (χ0) is 26.4. The van der Waals surface area contributed by atoms with E-state index in [2.05, 4.69) is 58.8 Å². The normalized spacial score (nSPS) is 15.7. The average molecular weight is 527 g/mol. The Hall–Kier alpha value is -3.45. The second-order valence-electron chi connectivity index (χ2n) is 11.2. The van der Waals surface area contributed by atoms with Crippen molar-refractivity contribution in [3.05, 3.63) is 64.4 Å². The van der Waals surface area contributed by atoms with E-state index in [1.165, 1.54) is 5.56 Å². The van der Waals surface area contributed by atoms with E-state index < -0.39 is 0 Å². The van der Waals surface area contributed by atoms with E-state index >= 15 is 0 Å². The van der Waals surface area contributed by atoms with Gasteiger partial charge in [0.1, 0.15) is 11.4 Å². The Labute approximate surface area is 228 Å². The first-order valence-corrected chi connectivity index (χ1v) is 14.4. The van der Waals surface area contributed by atoms with Crippen LogP contribution in [-0.4, -0.2) is 44.5 Å². The van der Waals surface area contributed by atoms with E-state index in [1.807, 2.05) is 17.8 Å². The summed E-state index contributed by atoms with van der Waals surface area (Å²) in [4.78, 5) is 25.6. The highest BCUT2D eigenvalue weighted by Crippen LogP contribution is 2.47. The fourth-order valence-electron chi connectivity index (χ4n) is 6.09. The molecule has 2 aliphatic rings. The molecule has 2 aliphatic heterocycles. The summed E-state index contributed by atoms with van der Waals surface area (Å²) in [5.41, 5.74) is 11.2. The van der Waals surface area contributed by atoms with E-state index in [9.17, 15) is 4.79 Å². The van der Waals surface area contributed by atoms with Gasteiger partial charge in [0.25, 0.3) is 5.91 Å². The van der Waals surface area contributed by atoms with Crippen molar-refractivity contribution < 1.29 is 9.53 Å². The monoisotopic (exact) mass is 526 g/mol. The number of ether oxygens (including phenoxy) is 1. The van der Waals surface area contributed by atoms with Gasteiger partial charge in [-0.1, -0.05) is 12.5 Å². The molecule has 0 radical (unpaired) electrons. The Morgan fingerprint density at radius 2 is 1.89 bits per heavy atom. The minimum Gasteiger partial charge on any atom is -0.496 e. The maximum Gasteiger partial charge on any atom is 0.271 e. The number of rotatable bonds is 3. The molecule has 5 heterocycles. The highest BCUT2D eigenvalue weighted by molar-refractivity contribution is 7.07. The molecule has 6 nitrogen and oxygen atoms in total. The van der Waals surface area contributed by atoms with E-state index in [4.69, 9.17) is 9.72 Å². The number of hydrogen-bond donors (Lipinski definition) is 0. The first-order valence-electron chi connectivity index (χ1n) is 13.5. The average Bonchev–Trinajstić information content (AvgIpc) is 3.56. The van der Waals surface area contributed by atoms with Crippen LogP contribution in [0.5, 0.6) is 5.75 Å². The number of methoxy groups -OCH3 is 1. The molecule has 38 heavy (non-hydrogen) atoms. The number of carbonyl (C=O) groups excluding carboxylic acids is 1. The highest BCUT2D eigenvalue weighted by atomic mass is 32.1. The zero-order valence-electron chi connectivity index (χ0n) is 22.6. The second kappa shape index (κ2) is 9.70. The zero-order valence-corrected chi connectivity index (χ0v) is 23.4. The summed E-state index contributed by atoms with van der Waals surface area (Å²) in [7, 11) is 1.72. The molecule has 0 saturated heterocycles. The third-order valence-corrected chi connectivity index (χ3v) is 8.46. The lowest BCUT2D eigenvalue weighted by Crippen LogP contribution is -2.47. The SMILES string of the molecule is COc1cc2c(cc1-c1cccnc1)-c1c(-c3cscn3)c3c(n1CC2)C(=O)N(C(C)(C)C)CCCCC3. The number of carbonyl (C=O) groups is 1. The summed E-state index contributed by atoms with van der Waals surface area (Å²) < 4.78 is 8.15. The van der Waals surface area contributed by atoms with Crippen molar-refractivity contribution >= 4 is 17.2 Å². The van der Waals surface area contributed by atoms with Gasteiger partial charge in [0.2, 0.25) is 0 Å². The molecule has 0 N–H and O–H groups in total. The minimum atomic E-state index is -0.252. The van der Waals surface area contributed by atoms with Gasteiger partial charge in [0, 0.05) is 58.7 Å². The molecule has 0 unspecified atom stereocenters. The fourth-order valence-corrected chi connectivity index (χ4v) is 6.63. The molecule has 0 aliphatic carbocycles. The molecule has 0 spiro atoms. The van der Waals surface area contributed by atoms with E-state index in [0.29, 0.717) is 0 Å². The predicted octanol–water partition coefficient (Wildman–Crippen LogP) is 6.87. The number of hydrogen-bond acceptors (Lipinski definition) is 5. The Kier molecular flexibility index (Phi) is 6.34. The van der Waals surface area contributed by atoms with Gasteiger partial charge in [0.15, 0.2) is 0 Å². The molecule has 7 heteroatoms. The number of benzene rings is 1. The van der Waals surface area contributed by atoms with Gasteiger partial charge in [-0.2, -0.15) is 0 Å². The lowest BCUT2D eigenvalue weighted by molar-refractivity contribution is 0.0568. The van der Waals surface area contributed by atoms with Crippen molar-refractivity contribution in [1.29, 1.82) is 0 Å². The van der Waals surface area contributed by atoms with Crippen LogP contribution in [0.25, 0.3) is 33.6 Å². The van der Waals surface area contributed by atoms with Crippen molar-refractivity contribution in [2.45, 2.75) is 65.0 Å². The summed E-state index contributed by atoms with van der Waals surface area (Å²) in [6.07, 6.45) is 8.59. The van der Waals surface area contributed by atoms with Crippen LogP contribution in [0.2, 0.25) is 0 Å². The van der Waals surface area contributed by atoms with E-state index in [0.717, 1.165) is 95.8 Å². The number of fused-ring (bicyclic) bond motifs is 5. The summed E-state index contributed by atoms with van der Waals surface area (Å²) >= 11 is 1.60. The third kappa shape index (κ3) is 4.13. The Morgan fingerprint density at radius 1 is 1.03 bits per heavy atom. The van der Waals surface area contributed by atoms with Crippen LogP contribution in [0.3, 0.4) is 0 Å². The molecule has 196 valence electrons. The summed E-state index contributed by atoms with van der Waals surface area (Å²) in [5.74, 6) is 0.985. The largest absolute Gasteiger partial charge is 0.496 e. The second-order valence-corrected chi connectivity index (χ2v) is 11.9. The summed E-state index contributed by atoms with van der Waals surface area (Å²) in [6, 6.07) is 8.42. The van der Waals surface area contributed by atoms with Crippen LogP contribution in [0, 0.1) is 0 Å². The van der Waals surface area contributed by atoms with Crippen LogP contribution < -0.4 is 4.74 Å². The Balaban J connectivity index is 1.65. The van der Waals surface area contributed by atoms with E-state index in [1.54, 1.807) is 24.6 Å². The van der Waals surface area contributed by atoms with Crippen molar-refractivity contribution in [2.24, 2.45) is 0 Å². The standard InChI is InChI=1S/C31H34N4O2S/c1-31(2,3)35-13-7-5-6-10-22-27(25-18-38-19-33-25)28-24-16-23(21-9-8-12-32-17-21)26(37-4)15-20(24)11-14-34(28)29(22)30(35)36/h8-9,12,15-19H,5-7,10-11,13-14H2,1-4H3. The van der Waals surface area contributed by atoms with Crippen molar-refractivity contribution in [1.82, 2.24) is 19.4 Å². The van der Waals surface area contributed by atoms with E-state index in [-0.39, 0.29) is 11.4 Å². The smallest absolute Gasteiger partial charge is 0.271 e. The topological polar surface area (TPSA) is 60.3 Å². The Bertz CT molecular complexity index is 1480. The number of aromatic nitrogens is 3. The summed E-state index contributed by atoms with van der Waals surface area (Å²) in [6.45, 7) is 7.98. The molecule has 0 saturated carbocycles. The lowest BCUT2D eigenvalue weighted by atomic mass is 9.90. The number of amides is 1. The maximum atomic E-state index is 14.4. The molecule has 0 bridgehead atoms. The molecule has 1 amide bonds. The molecular formula is C31H34N4O2S. The number of thiazole rings is 1. The van der Waals surface area contributed by atoms with Gasteiger partial charge in [-0.15, -0.1) is 11.3 Å². The molecule has 0 atom stereocenters. The number of pyridine rings is 1. The maximum absolute atomic E-state index is 14.4. The molecule has 1 aromatic carbocycles. The Morgan fingerprint density at radius 3 is 2.61 bits per heavy atom. The van der Waals surface area contributed by atoms with Crippen LogP contribution >= 0.6 is 11.3 Å². The number of nitrogens with zero attached hydrogens (tertiary/aromatic N) is 4. The van der Waals surface area contributed by atoms with Crippen molar-refractivity contribution in [3.63, 3.8) is 0 Å². The fraction of sp³-hybridized carbons (Fsp3) is 0.387. The first-order chi connectivity index (χ1) is 18.4. The molecule has 3 aromatic heterocycles. The molecule has 6 rings (SSSR count). The van der Waals surface area contributed by atoms with Crippen LogP contribution in [0.1, 0.15) is 61.6 Å². The third-order valence-electron chi connectivity index (χ3n) is 7.88. The quantitative estimate of drug-likeness (QED) is 0.292.